The van der Waals surface area contributed by atoms with E-state index in [0.717, 1.165) is 31.2 Å². The second-order valence-electron chi connectivity index (χ2n) is 10.7. The first-order valence-electron chi connectivity index (χ1n) is 13.7. The zero-order chi connectivity index (χ0) is 31.1. The van der Waals surface area contributed by atoms with Crippen molar-refractivity contribution in [3.8, 4) is 0 Å². The summed E-state index contributed by atoms with van der Waals surface area (Å²) in [5.41, 5.74) is 1.98. The van der Waals surface area contributed by atoms with Crippen LogP contribution < -0.4 is 4.90 Å². The minimum absolute atomic E-state index is 0.0628. The molecule has 1 atom stereocenters. The minimum Gasteiger partial charge on any atom is -0.478 e. The zero-order valence-corrected chi connectivity index (χ0v) is 23.5. The van der Waals surface area contributed by atoms with Crippen molar-refractivity contribution in [1.29, 1.82) is 0 Å². The second-order valence-corrected chi connectivity index (χ2v) is 12.5. The van der Waals surface area contributed by atoms with Crippen molar-refractivity contribution in [2.24, 2.45) is 0 Å². The summed E-state index contributed by atoms with van der Waals surface area (Å²) in [6, 6.07) is 11.3. The molecular formula is C30H27F5N2O5S. The number of hydrogen-bond acceptors (Lipinski definition) is 4. The quantitative estimate of drug-likeness (QED) is 0.186. The number of sulfonamides is 1. The number of halogens is 5. The van der Waals surface area contributed by atoms with Gasteiger partial charge in [-0.05, 0) is 60.6 Å². The molecule has 1 N–H and O–H groups in total. The van der Waals surface area contributed by atoms with Crippen LogP contribution in [-0.2, 0) is 21.4 Å². The molecule has 1 heterocycles. The van der Waals surface area contributed by atoms with E-state index < -0.39 is 68.5 Å². The summed E-state index contributed by atoms with van der Waals surface area (Å²) in [7, 11) is -5.33. The molecule has 1 saturated heterocycles. The van der Waals surface area contributed by atoms with Gasteiger partial charge in [0, 0.05) is 12.2 Å². The van der Waals surface area contributed by atoms with Crippen molar-refractivity contribution in [2.75, 3.05) is 11.4 Å². The fourth-order valence-corrected chi connectivity index (χ4v) is 7.34. The minimum atomic E-state index is -5.33. The first-order chi connectivity index (χ1) is 20.4. The number of carbonyl (C=O) groups excluding carboxylic acids is 1. The highest BCUT2D eigenvalue weighted by Crippen LogP contribution is 2.36. The van der Waals surface area contributed by atoms with Gasteiger partial charge in [-0.1, -0.05) is 43.5 Å². The molecule has 3 aromatic carbocycles. The van der Waals surface area contributed by atoms with Gasteiger partial charge < -0.3 is 10.0 Å². The number of amides is 1. The molecule has 43 heavy (non-hydrogen) atoms. The molecule has 1 saturated carbocycles. The van der Waals surface area contributed by atoms with Crippen molar-refractivity contribution in [3.05, 3.63) is 94.3 Å². The third-order valence-corrected chi connectivity index (χ3v) is 10.0. The van der Waals surface area contributed by atoms with E-state index in [2.05, 4.69) is 0 Å². The number of carboxylic acid groups (broad SMARTS) is 1. The van der Waals surface area contributed by atoms with Gasteiger partial charge in [0.2, 0.25) is 21.7 Å². The van der Waals surface area contributed by atoms with Crippen LogP contribution in [0.25, 0.3) is 0 Å². The lowest BCUT2D eigenvalue weighted by atomic mass is 9.84. The summed E-state index contributed by atoms with van der Waals surface area (Å²) in [6.45, 7) is -0.469. The molecular weight excluding hydrogens is 595 g/mol. The lowest BCUT2D eigenvalue weighted by Gasteiger charge is -2.41. The molecule has 1 unspecified atom stereocenters. The monoisotopic (exact) mass is 622 g/mol. The van der Waals surface area contributed by atoms with Gasteiger partial charge in [0.25, 0.3) is 0 Å². The molecule has 228 valence electrons. The lowest BCUT2D eigenvalue weighted by molar-refractivity contribution is -0.125. The molecule has 2 fully saturated rings. The number of carbonyl (C=O) groups is 2. The van der Waals surface area contributed by atoms with Gasteiger partial charge in [0.15, 0.2) is 28.2 Å². The molecule has 7 nitrogen and oxygen atoms in total. The maximum atomic E-state index is 14.5. The van der Waals surface area contributed by atoms with Crippen molar-refractivity contribution in [2.45, 2.75) is 61.9 Å². The van der Waals surface area contributed by atoms with Gasteiger partial charge in [0.1, 0.15) is 6.04 Å². The van der Waals surface area contributed by atoms with E-state index in [0.29, 0.717) is 15.8 Å². The van der Waals surface area contributed by atoms with E-state index in [4.69, 9.17) is 0 Å². The molecule has 0 spiro atoms. The Morgan fingerprint density at radius 1 is 0.791 bits per heavy atom. The van der Waals surface area contributed by atoms with Crippen LogP contribution in [-0.4, -0.2) is 42.3 Å². The highest BCUT2D eigenvalue weighted by Gasteiger charge is 2.48. The van der Waals surface area contributed by atoms with Crippen molar-refractivity contribution in [3.63, 3.8) is 0 Å². The van der Waals surface area contributed by atoms with Crippen LogP contribution in [0.4, 0.5) is 27.6 Å². The average Bonchev–Trinajstić information content (AvgIpc) is 2.97. The van der Waals surface area contributed by atoms with E-state index in [9.17, 15) is 45.1 Å². The maximum absolute atomic E-state index is 14.5. The van der Waals surface area contributed by atoms with E-state index in [1.165, 1.54) is 35.6 Å². The molecule has 0 bridgehead atoms. The average molecular weight is 623 g/mol. The summed E-state index contributed by atoms with van der Waals surface area (Å²) >= 11 is 0. The van der Waals surface area contributed by atoms with E-state index >= 15 is 0 Å². The number of carboxylic acids is 1. The van der Waals surface area contributed by atoms with Gasteiger partial charge in [-0.3, -0.25) is 4.79 Å². The molecule has 1 amide bonds. The number of rotatable bonds is 8. The SMILES string of the molecule is O=C(O)c1ccc(N(Cc2ccc(C3CCCCC3)cc2)C(=O)C2CCN2S(=O)(=O)c2c(F)c(F)c(F)c(F)c2F)cc1. The topological polar surface area (TPSA) is 95.0 Å². The van der Waals surface area contributed by atoms with Crippen LogP contribution in [0.3, 0.4) is 0 Å². The predicted octanol–water partition coefficient (Wildman–Crippen LogP) is 6.12. The number of aromatic carboxylic acids is 1. The van der Waals surface area contributed by atoms with Crippen LogP contribution in [0.5, 0.6) is 0 Å². The van der Waals surface area contributed by atoms with Crippen LogP contribution in [0.2, 0.25) is 0 Å². The Balaban J connectivity index is 1.46. The van der Waals surface area contributed by atoms with E-state index in [1.807, 2.05) is 24.3 Å². The predicted molar refractivity (Wildman–Crippen MR) is 145 cm³/mol. The largest absolute Gasteiger partial charge is 0.478 e. The highest BCUT2D eigenvalue weighted by molar-refractivity contribution is 7.89. The summed E-state index contributed by atoms with van der Waals surface area (Å²) in [4.78, 5) is 24.3. The molecule has 0 aromatic heterocycles. The fraction of sp³-hybridized carbons (Fsp3) is 0.333. The summed E-state index contributed by atoms with van der Waals surface area (Å²) in [5, 5.41) is 9.27. The van der Waals surface area contributed by atoms with Crippen LogP contribution >= 0.6 is 0 Å². The van der Waals surface area contributed by atoms with Gasteiger partial charge >= 0.3 is 5.97 Å². The Kier molecular flexibility index (Phi) is 8.57. The summed E-state index contributed by atoms with van der Waals surface area (Å²) in [5.74, 6) is -14.0. The lowest BCUT2D eigenvalue weighted by Crippen LogP contribution is -2.59. The number of anilines is 1. The van der Waals surface area contributed by atoms with E-state index in [1.54, 1.807) is 0 Å². The van der Waals surface area contributed by atoms with Crippen molar-refractivity contribution >= 4 is 27.6 Å². The standard InChI is InChI=1S/C30H27F5N2O5S/c31-23-24(32)26(34)28(27(35)25(23)33)43(41,42)37-15-14-22(37)29(38)36(21-12-10-20(11-13-21)30(39)40)16-17-6-8-19(9-7-17)18-4-2-1-3-5-18/h6-13,18,22H,1-5,14-16H2,(H,39,40). The highest BCUT2D eigenvalue weighted by atomic mass is 32.2. The van der Waals surface area contributed by atoms with Crippen LogP contribution in [0.15, 0.2) is 53.4 Å². The Morgan fingerprint density at radius 3 is 1.86 bits per heavy atom. The first kappa shape index (κ1) is 30.6. The smallest absolute Gasteiger partial charge is 0.335 e. The Hall–Kier alpha value is -3.84. The third kappa shape index (κ3) is 5.75. The molecule has 1 aliphatic heterocycles. The maximum Gasteiger partial charge on any atom is 0.335 e. The van der Waals surface area contributed by atoms with Gasteiger partial charge in [0.05, 0.1) is 12.1 Å². The molecule has 3 aromatic rings. The summed E-state index contributed by atoms with van der Waals surface area (Å²) in [6.07, 6.45) is 5.56. The molecule has 2 aliphatic rings. The first-order valence-corrected chi connectivity index (χ1v) is 15.1. The number of benzene rings is 3. The van der Waals surface area contributed by atoms with E-state index in [-0.39, 0.29) is 24.2 Å². The molecule has 13 heteroatoms. The Morgan fingerprint density at radius 2 is 1.35 bits per heavy atom. The fourth-order valence-electron chi connectivity index (χ4n) is 5.60. The van der Waals surface area contributed by atoms with Crippen LogP contribution in [0, 0.1) is 29.1 Å². The molecule has 5 rings (SSSR count). The zero-order valence-electron chi connectivity index (χ0n) is 22.7. The Labute approximate surface area is 244 Å². The summed E-state index contributed by atoms with van der Waals surface area (Å²) < 4.78 is 96.9. The van der Waals surface area contributed by atoms with Gasteiger partial charge in [-0.15, -0.1) is 0 Å². The normalized spacial score (nSPS) is 17.8. The number of hydrogen-bond donors (Lipinski definition) is 1. The van der Waals surface area contributed by atoms with Gasteiger partial charge in [-0.25, -0.2) is 35.2 Å². The third-order valence-electron chi connectivity index (χ3n) is 8.08. The van der Waals surface area contributed by atoms with Crippen molar-refractivity contribution in [1.82, 2.24) is 4.31 Å². The Bertz CT molecular complexity index is 1630. The number of nitrogens with zero attached hydrogens (tertiary/aromatic N) is 2. The van der Waals surface area contributed by atoms with Gasteiger partial charge in [-0.2, -0.15) is 4.31 Å². The second kappa shape index (κ2) is 12.0. The molecule has 1 aliphatic carbocycles. The van der Waals surface area contributed by atoms with Crippen LogP contribution in [0.1, 0.15) is 65.9 Å². The van der Waals surface area contributed by atoms with Crippen molar-refractivity contribution < 1.29 is 45.1 Å². The molecule has 0 radical (unpaired) electrons.